The highest BCUT2D eigenvalue weighted by molar-refractivity contribution is 7.99. The Morgan fingerprint density at radius 3 is 2.81 bits per heavy atom. The van der Waals surface area contributed by atoms with Crippen molar-refractivity contribution in [1.29, 1.82) is 0 Å². The fourth-order valence-corrected chi connectivity index (χ4v) is 2.22. The second-order valence-electron chi connectivity index (χ2n) is 3.73. The molecule has 0 saturated carbocycles. The highest BCUT2D eigenvalue weighted by Crippen LogP contribution is 2.29. The standard InChI is InChI=1S/C13H19NOS/c1-4-15-11-5-6-12(14)13(9-11)16-8-7-10(2)3/h5-7,9H,4,8,14H2,1-3H3. The van der Waals surface area contributed by atoms with E-state index >= 15 is 0 Å². The first-order valence-electron chi connectivity index (χ1n) is 5.42. The second-order valence-corrected chi connectivity index (χ2v) is 4.79. The number of nitrogen functional groups attached to an aromatic ring is 1. The van der Waals surface area contributed by atoms with Crippen molar-refractivity contribution in [1.82, 2.24) is 0 Å². The van der Waals surface area contributed by atoms with Gasteiger partial charge in [-0.3, -0.25) is 0 Å². The van der Waals surface area contributed by atoms with Crippen molar-refractivity contribution in [3.05, 3.63) is 29.8 Å². The lowest BCUT2D eigenvalue weighted by atomic mass is 10.3. The Morgan fingerprint density at radius 1 is 1.44 bits per heavy atom. The molecule has 0 bridgehead atoms. The Morgan fingerprint density at radius 2 is 2.19 bits per heavy atom. The normalized spacial score (nSPS) is 9.94. The van der Waals surface area contributed by atoms with Crippen LogP contribution >= 0.6 is 11.8 Å². The molecule has 3 heteroatoms. The van der Waals surface area contributed by atoms with Gasteiger partial charge in [0, 0.05) is 16.3 Å². The lowest BCUT2D eigenvalue weighted by Gasteiger charge is -2.08. The topological polar surface area (TPSA) is 35.2 Å². The van der Waals surface area contributed by atoms with Crippen LogP contribution in [0.4, 0.5) is 5.69 Å². The smallest absolute Gasteiger partial charge is 0.120 e. The first-order valence-corrected chi connectivity index (χ1v) is 6.40. The number of anilines is 1. The third kappa shape index (κ3) is 4.19. The summed E-state index contributed by atoms with van der Waals surface area (Å²) in [6.45, 7) is 6.86. The second kappa shape index (κ2) is 6.48. The highest BCUT2D eigenvalue weighted by atomic mass is 32.2. The number of hydrogen-bond acceptors (Lipinski definition) is 3. The molecule has 2 nitrogen and oxygen atoms in total. The van der Waals surface area contributed by atoms with Gasteiger partial charge in [0.2, 0.25) is 0 Å². The van der Waals surface area contributed by atoms with Crippen LogP contribution in [-0.2, 0) is 0 Å². The summed E-state index contributed by atoms with van der Waals surface area (Å²) in [5, 5.41) is 0. The van der Waals surface area contributed by atoms with Crippen LogP contribution in [0, 0.1) is 0 Å². The SMILES string of the molecule is CCOc1ccc(N)c(SCC=C(C)C)c1. The van der Waals surface area contributed by atoms with Crippen LogP contribution in [-0.4, -0.2) is 12.4 Å². The van der Waals surface area contributed by atoms with E-state index in [1.165, 1.54) is 5.57 Å². The zero-order valence-corrected chi connectivity index (χ0v) is 10.9. The van der Waals surface area contributed by atoms with Crippen LogP contribution in [0.2, 0.25) is 0 Å². The van der Waals surface area contributed by atoms with Crippen molar-refractivity contribution in [3.8, 4) is 5.75 Å². The van der Waals surface area contributed by atoms with Crippen LogP contribution in [0.25, 0.3) is 0 Å². The zero-order valence-electron chi connectivity index (χ0n) is 10.1. The molecule has 0 amide bonds. The fourth-order valence-electron chi connectivity index (χ4n) is 1.19. The van der Waals surface area contributed by atoms with Crippen LogP contribution in [0.15, 0.2) is 34.7 Å². The van der Waals surface area contributed by atoms with Gasteiger partial charge in [-0.15, -0.1) is 11.8 Å². The van der Waals surface area contributed by atoms with E-state index in [4.69, 9.17) is 10.5 Å². The summed E-state index contributed by atoms with van der Waals surface area (Å²) >= 11 is 1.73. The highest BCUT2D eigenvalue weighted by Gasteiger charge is 2.01. The summed E-state index contributed by atoms with van der Waals surface area (Å²) in [5.41, 5.74) is 8.05. The maximum Gasteiger partial charge on any atom is 0.120 e. The number of allylic oxidation sites excluding steroid dienone is 1. The average molecular weight is 237 g/mol. The largest absolute Gasteiger partial charge is 0.494 e. The number of ether oxygens (including phenoxy) is 1. The Labute approximate surface area is 102 Å². The molecule has 0 radical (unpaired) electrons. The first kappa shape index (κ1) is 13.0. The summed E-state index contributed by atoms with van der Waals surface area (Å²) in [5.74, 6) is 1.83. The minimum Gasteiger partial charge on any atom is -0.494 e. The maximum atomic E-state index is 5.91. The minimum atomic E-state index is 0.683. The summed E-state index contributed by atoms with van der Waals surface area (Å²) in [6.07, 6.45) is 2.19. The molecule has 88 valence electrons. The first-order chi connectivity index (χ1) is 7.63. The minimum absolute atomic E-state index is 0.683. The molecule has 0 heterocycles. The molecule has 0 aliphatic carbocycles. The van der Waals surface area contributed by atoms with Gasteiger partial charge in [-0.1, -0.05) is 11.6 Å². The Hall–Kier alpha value is -1.09. The lowest BCUT2D eigenvalue weighted by molar-refractivity contribution is 0.339. The van der Waals surface area contributed by atoms with E-state index in [1.807, 2.05) is 25.1 Å². The summed E-state index contributed by atoms with van der Waals surface area (Å²) in [4.78, 5) is 1.09. The van der Waals surface area contributed by atoms with E-state index in [-0.39, 0.29) is 0 Å². The number of thioether (sulfide) groups is 1. The molecule has 1 rings (SSSR count). The van der Waals surface area contributed by atoms with Gasteiger partial charge >= 0.3 is 0 Å². The molecule has 0 aliphatic rings. The average Bonchev–Trinajstić information content (AvgIpc) is 2.22. The molecule has 0 unspecified atom stereocenters. The van der Waals surface area contributed by atoms with Crippen LogP contribution < -0.4 is 10.5 Å². The van der Waals surface area contributed by atoms with Gasteiger partial charge in [0.1, 0.15) is 5.75 Å². The van der Waals surface area contributed by atoms with E-state index in [0.717, 1.165) is 22.1 Å². The van der Waals surface area contributed by atoms with Crippen LogP contribution in [0.5, 0.6) is 5.75 Å². The lowest BCUT2D eigenvalue weighted by Crippen LogP contribution is -1.94. The van der Waals surface area contributed by atoms with Crippen LogP contribution in [0.1, 0.15) is 20.8 Å². The predicted octanol–water partition coefficient (Wildman–Crippen LogP) is 3.73. The molecule has 1 aromatic carbocycles. The van der Waals surface area contributed by atoms with Crippen molar-refractivity contribution in [2.24, 2.45) is 0 Å². The van der Waals surface area contributed by atoms with E-state index in [9.17, 15) is 0 Å². The van der Waals surface area contributed by atoms with E-state index < -0.39 is 0 Å². The molecule has 0 aliphatic heterocycles. The predicted molar refractivity (Wildman–Crippen MR) is 72.2 cm³/mol. The van der Waals surface area contributed by atoms with Gasteiger partial charge in [-0.25, -0.2) is 0 Å². The molecular weight excluding hydrogens is 218 g/mol. The number of hydrogen-bond donors (Lipinski definition) is 1. The molecule has 0 aromatic heterocycles. The van der Waals surface area contributed by atoms with E-state index in [0.29, 0.717) is 6.61 Å². The number of nitrogens with two attached hydrogens (primary N) is 1. The monoisotopic (exact) mass is 237 g/mol. The quantitative estimate of drug-likeness (QED) is 0.481. The van der Waals surface area contributed by atoms with Crippen LogP contribution in [0.3, 0.4) is 0 Å². The maximum absolute atomic E-state index is 5.91. The van der Waals surface area contributed by atoms with Crippen molar-refractivity contribution < 1.29 is 4.74 Å². The summed E-state index contributed by atoms with van der Waals surface area (Å²) in [7, 11) is 0. The van der Waals surface area contributed by atoms with Gasteiger partial charge in [0.15, 0.2) is 0 Å². The molecule has 0 atom stereocenters. The van der Waals surface area contributed by atoms with Crippen molar-refractivity contribution in [2.45, 2.75) is 25.7 Å². The third-order valence-electron chi connectivity index (χ3n) is 2.03. The molecule has 2 N–H and O–H groups in total. The summed E-state index contributed by atoms with van der Waals surface area (Å²) < 4.78 is 5.44. The Balaban J connectivity index is 2.70. The number of benzene rings is 1. The molecule has 0 fully saturated rings. The summed E-state index contributed by atoms with van der Waals surface area (Å²) in [6, 6.07) is 5.81. The fraction of sp³-hybridized carbons (Fsp3) is 0.385. The van der Waals surface area contributed by atoms with Crippen molar-refractivity contribution in [2.75, 3.05) is 18.1 Å². The molecule has 16 heavy (non-hydrogen) atoms. The van der Waals surface area contributed by atoms with E-state index in [2.05, 4.69) is 19.9 Å². The number of rotatable bonds is 5. The third-order valence-corrected chi connectivity index (χ3v) is 3.02. The molecular formula is C13H19NOS. The van der Waals surface area contributed by atoms with E-state index in [1.54, 1.807) is 11.8 Å². The molecule has 1 aromatic rings. The zero-order chi connectivity index (χ0) is 12.0. The van der Waals surface area contributed by atoms with Crippen molar-refractivity contribution in [3.63, 3.8) is 0 Å². The molecule has 0 saturated heterocycles. The van der Waals surface area contributed by atoms with Gasteiger partial charge < -0.3 is 10.5 Å². The van der Waals surface area contributed by atoms with Gasteiger partial charge in [-0.05, 0) is 39.0 Å². The van der Waals surface area contributed by atoms with Gasteiger partial charge in [-0.2, -0.15) is 0 Å². The molecule has 0 spiro atoms. The Kier molecular flexibility index (Phi) is 5.26. The van der Waals surface area contributed by atoms with Gasteiger partial charge in [0.05, 0.1) is 6.61 Å². The van der Waals surface area contributed by atoms with Gasteiger partial charge in [0.25, 0.3) is 0 Å². The Bertz CT molecular complexity index is 370. The van der Waals surface area contributed by atoms with Crippen molar-refractivity contribution >= 4 is 17.4 Å².